The molecule has 0 aliphatic carbocycles. The number of thioether (sulfide) groups is 1. The zero-order valence-electron chi connectivity index (χ0n) is 19.4. The Morgan fingerprint density at radius 1 is 1.12 bits per heavy atom. The minimum atomic E-state index is -0.390. The summed E-state index contributed by atoms with van der Waals surface area (Å²) in [7, 11) is 0. The first-order chi connectivity index (χ1) is 15.7. The third-order valence-electron chi connectivity index (χ3n) is 5.11. The van der Waals surface area contributed by atoms with Crippen molar-refractivity contribution >= 4 is 39.3 Å². The lowest BCUT2D eigenvalue weighted by molar-refractivity contribution is -0.113. The number of halogens is 2. The summed E-state index contributed by atoms with van der Waals surface area (Å²) in [6, 6.07) is 9.70. The van der Waals surface area contributed by atoms with E-state index < -0.39 is 6.10 Å². The van der Waals surface area contributed by atoms with Crippen LogP contribution in [0.2, 0.25) is 0 Å². The number of anilines is 1. The Morgan fingerprint density at radius 2 is 1.82 bits per heavy atom. The van der Waals surface area contributed by atoms with E-state index >= 15 is 0 Å². The smallest absolute Gasteiger partial charge is 0.234 e. The van der Waals surface area contributed by atoms with Crippen LogP contribution >= 0.6 is 27.7 Å². The molecule has 6 nitrogen and oxygen atoms in total. The second-order valence-electron chi connectivity index (χ2n) is 8.24. The highest BCUT2D eigenvalue weighted by Gasteiger charge is 2.21. The fraction of sp³-hybridized carbons (Fsp3) is 0.375. The molecule has 33 heavy (non-hydrogen) atoms. The number of nitrogens with zero attached hydrogens (tertiary/aromatic N) is 3. The van der Waals surface area contributed by atoms with Gasteiger partial charge in [0.1, 0.15) is 11.6 Å². The number of ether oxygens (including phenoxy) is 1. The fourth-order valence-corrected chi connectivity index (χ4v) is 4.44. The van der Waals surface area contributed by atoms with Gasteiger partial charge in [0.05, 0.1) is 5.75 Å². The van der Waals surface area contributed by atoms with E-state index in [1.807, 2.05) is 37.5 Å². The molecule has 0 bridgehead atoms. The number of amides is 1. The maximum Gasteiger partial charge on any atom is 0.234 e. The lowest BCUT2D eigenvalue weighted by Crippen LogP contribution is -2.17. The van der Waals surface area contributed by atoms with Gasteiger partial charge in [-0.15, -0.1) is 10.2 Å². The first kappa shape index (κ1) is 25.2. The Balaban J connectivity index is 1.71. The summed E-state index contributed by atoms with van der Waals surface area (Å²) in [5.74, 6) is 1.34. The fourth-order valence-electron chi connectivity index (χ4n) is 3.25. The first-order valence-electron chi connectivity index (χ1n) is 10.7. The molecule has 0 radical (unpaired) electrons. The zero-order chi connectivity index (χ0) is 24.1. The molecule has 2 aromatic carbocycles. The van der Waals surface area contributed by atoms with Gasteiger partial charge in [-0.25, -0.2) is 4.39 Å². The number of rotatable bonds is 9. The van der Waals surface area contributed by atoms with Gasteiger partial charge in [0.25, 0.3) is 0 Å². The van der Waals surface area contributed by atoms with Crippen LogP contribution in [0.3, 0.4) is 0 Å². The summed E-state index contributed by atoms with van der Waals surface area (Å²) in [4.78, 5) is 12.6. The monoisotopic (exact) mass is 534 g/mol. The van der Waals surface area contributed by atoms with Gasteiger partial charge in [0.15, 0.2) is 17.1 Å². The Kier molecular flexibility index (Phi) is 8.53. The van der Waals surface area contributed by atoms with Crippen LogP contribution < -0.4 is 10.1 Å². The predicted octanol–water partition coefficient (Wildman–Crippen LogP) is 6.32. The van der Waals surface area contributed by atoms with E-state index in [9.17, 15) is 9.18 Å². The first-order valence-corrected chi connectivity index (χ1v) is 12.5. The molecule has 1 heterocycles. The van der Waals surface area contributed by atoms with Gasteiger partial charge in [0, 0.05) is 16.7 Å². The standard InChI is InChI=1S/C24H28BrFN4O2S/c1-14(2)12-30-23(17(5)32-19-8-6-18(26)7-9-19)28-29-24(30)33-13-22(31)27-21-11-10-20(25)15(3)16(21)4/h6-11,14,17H,12-13H2,1-5H3,(H,27,31). The molecule has 0 aliphatic rings. The predicted molar refractivity (Wildman–Crippen MR) is 133 cm³/mol. The van der Waals surface area contributed by atoms with E-state index in [1.165, 1.54) is 23.9 Å². The summed E-state index contributed by atoms with van der Waals surface area (Å²) >= 11 is 4.85. The molecule has 1 aromatic heterocycles. The molecular weight excluding hydrogens is 507 g/mol. The summed E-state index contributed by atoms with van der Waals surface area (Å²) in [6.07, 6.45) is -0.390. The third kappa shape index (κ3) is 6.57. The second kappa shape index (κ2) is 11.2. The van der Waals surface area contributed by atoms with Crippen LogP contribution in [-0.4, -0.2) is 26.4 Å². The number of aromatic nitrogens is 3. The molecule has 3 aromatic rings. The zero-order valence-corrected chi connectivity index (χ0v) is 21.8. The topological polar surface area (TPSA) is 69.0 Å². The second-order valence-corrected chi connectivity index (χ2v) is 10.0. The third-order valence-corrected chi connectivity index (χ3v) is 6.94. The van der Waals surface area contributed by atoms with Crippen LogP contribution in [-0.2, 0) is 11.3 Å². The highest BCUT2D eigenvalue weighted by Crippen LogP contribution is 2.28. The maximum atomic E-state index is 13.2. The summed E-state index contributed by atoms with van der Waals surface area (Å²) < 4.78 is 22.1. The van der Waals surface area contributed by atoms with Crippen LogP contribution in [0.15, 0.2) is 46.0 Å². The van der Waals surface area contributed by atoms with E-state index in [1.54, 1.807) is 12.1 Å². The van der Waals surface area contributed by atoms with Crippen LogP contribution in [0.5, 0.6) is 5.75 Å². The van der Waals surface area contributed by atoms with Crippen LogP contribution in [0.1, 0.15) is 43.8 Å². The van der Waals surface area contributed by atoms with Crippen LogP contribution in [0, 0.1) is 25.6 Å². The number of carbonyl (C=O) groups excluding carboxylic acids is 1. The quantitative estimate of drug-likeness (QED) is 0.325. The van der Waals surface area contributed by atoms with Gasteiger partial charge >= 0.3 is 0 Å². The molecule has 0 saturated heterocycles. The Bertz CT molecular complexity index is 1120. The highest BCUT2D eigenvalue weighted by atomic mass is 79.9. The van der Waals surface area contributed by atoms with Crippen molar-refractivity contribution in [3.8, 4) is 5.75 Å². The molecular formula is C24H28BrFN4O2S. The summed E-state index contributed by atoms with van der Waals surface area (Å²) in [5.41, 5.74) is 2.92. The molecule has 1 unspecified atom stereocenters. The van der Waals surface area contributed by atoms with E-state index in [4.69, 9.17) is 4.74 Å². The molecule has 0 aliphatic heterocycles. The lowest BCUT2D eigenvalue weighted by Gasteiger charge is -2.18. The van der Waals surface area contributed by atoms with Crippen molar-refractivity contribution in [2.45, 2.75) is 52.4 Å². The SMILES string of the molecule is Cc1c(Br)ccc(NC(=O)CSc2nnc(C(C)Oc3ccc(F)cc3)n2CC(C)C)c1C. The molecule has 1 atom stereocenters. The minimum Gasteiger partial charge on any atom is -0.483 e. The average molecular weight is 535 g/mol. The summed E-state index contributed by atoms with van der Waals surface area (Å²) in [6.45, 7) is 10.8. The number of hydrogen-bond acceptors (Lipinski definition) is 5. The number of benzene rings is 2. The average Bonchev–Trinajstić information content (AvgIpc) is 3.16. The maximum absolute atomic E-state index is 13.2. The van der Waals surface area contributed by atoms with Crippen molar-refractivity contribution < 1.29 is 13.9 Å². The molecule has 176 valence electrons. The molecule has 0 saturated carbocycles. The van der Waals surface area contributed by atoms with E-state index in [-0.39, 0.29) is 17.5 Å². The number of nitrogens with one attached hydrogen (secondary N) is 1. The van der Waals surface area contributed by atoms with Crippen LogP contribution in [0.4, 0.5) is 10.1 Å². The van der Waals surface area contributed by atoms with Gasteiger partial charge in [-0.1, -0.05) is 41.5 Å². The number of carbonyl (C=O) groups is 1. The van der Waals surface area contributed by atoms with Gasteiger partial charge in [-0.2, -0.15) is 0 Å². The molecule has 3 rings (SSSR count). The lowest BCUT2D eigenvalue weighted by atomic mass is 10.1. The van der Waals surface area contributed by atoms with Crippen molar-refractivity contribution in [3.63, 3.8) is 0 Å². The Hall–Kier alpha value is -2.39. The van der Waals surface area contributed by atoms with E-state index in [0.717, 1.165) is 21.3 Å². The number of hydrogen-bond donors (Lipinski definition) is 1. The highest BCUT2D eigenvalue weighted by molar-refractivity contribution is 9.10. The van der Waals surface area contributed by atoms with Gasteiger partial charge in [-0.05, 0) is 74.2 Å². The molecule has 0 spiro atoms. The van der Waals surface area contributed by atoms with Crippen molar-refractivity contribution in [1.82, 2.24) is 14.8 Å². The van der Waals surface area contributed by atoms with Crippen molar-refractivity contribution in [1.29, 1.82) is 0 Å². The van der Waals surface area contributed by atoms with Gasteiger partial charge < -0.3 is 14.6 Å². The van der Waals surface area contributed by atoms with Crippen molar-refractivity contribution in [2.24, 2.45) is 5.92 Å². The Labute approximate surface area is 206 Å². The van der Waals surface area contributed by atoms with Gasteiger partial charge in [0.2, 0.25) is 5.91 Å². The van der Waals surface area contributed by atoms with Crippen LogP contribution in [0.25, 0.3) is 0 Å². The van der Waals surface area contributed by atoms with E-state index in [0.29, 0.717) is 29.2 Å². The molecule has 1 N–H and O–H groups in total. The minimum absolute atomic E-state index is 0.110. The molecule has 9 heteroatoms. The van der Waals surface area contributed by atoms with E-state index in [2.05, 4.69) is 45.3 Å². The largest absolute Gasteiger partial charge is 0.483 e. The van der Waals surface area contributed by atoms with Gasteiger partial charge in [-0.3, -0.25) is 4.79 Å². The Morgan fingerprint density at radius 3 is 2.48 bits per heavy atom. The molecule has 0 fully saturated rings. The summed E-state index contributed by atoms with van der Waals surface area (Å²) in [5, 5.41) is 12.3. The molecule has 1 amide bonds. The normalized spacial score (nSPS) is 12.1. The van der Waals surface area contributed by atoms with Crippen molar-refractivity contribution in [2.75, 3.05) is 11.1 Å². The van der Waals surface area contributed by atoms with Crippen molar-refractivity contribution in [3.05, 3.63) is 63.6 Å².